The minimum Gasteiger partial charge on any atom is -0.368 e. The Morgan fingerprint density at radius 2 is 1.52 bits per heavy atom. The molecule has 2 heterocycles. The number of hydrogen-bond donors (Lipinski definition) is 1. The second kappa shape index (κ2) is 7.02. The molecule has 3 aromatic rings. The lowest BCUT2D eigenvalue weighted by molar-refractivity contribution is -0.195. The first-order chi connectivity index (χ1) is 14.8. The van der Waals surface area contributed by atoms with Crippen LogP contribution in [0.15, 0.2) is 48.5 Å². The smallest absolute Gasteiger partial charge is 0.261 e. The van der Waals surface area contributed by atoms with Crippen molar-refractivity contribution >= 4 is 50.9 Å². The van der Waals surface area contributed by atoms with E-state index in [-0.39, 0.29) is 5.91 Å². The number of amides is 3. The van der Waals surface area contributed by atoms with E-state index in [1.807, 2.05) is 48.5 Å². The fourth-order valence-electron chi connectivity index (χ4n) is 4.76. The number of likely N-dealkylation sites (N-methyl/N-ethyl adjacent to an activating group) is 1. The second-order valence-electron chi connectivity index (χ2n) is 7.99. The van der Waals surface area contributed by atoms with E-state index < -0.39 is 35.9 Å². The molecule has 4 unspecified atom stereocenters. The highest BCUT2D eigenvalue weighted by Gasteiger charge is 2.60. The van der Waals surface area contributed by atoms with Gasteiger partial charge in [-0.25, -0.2) is 0 Å². The van der Waals surface area contributed by atoms with Gasteiger partial charge < -0.3 is 5.73 Å². The van der Waals surface area contributed by atoms with Crippen molar-refractivity contribution in [1.82, 2.24) is 9.96 Å². The molecule has 4 atom stereocenters. The number of hydroxylamine groups is 2. The first-order valence-electron chi connectivity index (χ1n) is 9.97. The normalized spacial score (nSPS) is 24.9. The largest absolute Gasteiger partial charge is 0.368 e. The molecule has 0 bridgehead atoms. The molecule has 0 aromatic heterocycles. The first-order valence-corrected chi connectivity index (χ1v) is 10.4. The molecule has 2 aliphatic rings. The van der Waals surface area contributed by atoms with Gasteiger partial charge in [-0.15, -0.1) is 0 Å². The molecule has 0 aliphatic carbocycles. The number of carbonyl (C=O) groups excluding carboxylic acids is 3. The molecule has 8 heteroatoms. The zero-order valence-corrected chi connectivity index (χ0v) is 17.7. The minimum absolute atomic E-state index is 0.345. The summed E-state index contributed by atoms with van der Waals surface area (Å²) in [7, 11) is 1.45. The maximum Gasteiger partial charge on any atom is 0.261 e. The third-order valence-electron chi connectivity index (χ3n) is 6.36. The molecule has 3 amide bonds. The van der Waals surface area contributed by atoms with Crippen molar-refractivity contribution in [1.29, 1.82) is 0 Å². The summed E-state index contributed by atoms with van der Waals surface area (Å²) in [5.74, 6) is -2.18. The summed E-state index contributed by atoms with van der Waals surface area (Å²) in [5, 5.41) is 5.32. The first kappa shape index (κ1) is 19.9. The van der Waals surface area contributed by atoms with Crippen molar-refractivity contribution in [2.24, 2.45) is 11.7 Å². The van der Waals surface area contributed by atoms with E-state index in [0.29, 0.717) is 5.02 Å². The molecule has 5 rings (SSSR count). The van der Waals surface area contributed by atoms with Crippen LogP contribution in [-0.4, -0.2) is 46.9 Å². The number of hydrogen-bond acceptors (Lipinski definition) is 5. The van der Waals surface area contributed by atoms with Gasteiger partial charge in [-0.2, -0.15) is 5.06 Å². The van der Waals surface area contributed by atoms with Crippen LogP contribution in [0.4, 0.5) is 0 Å². The number of likely N-dealkylation sites (tertiary alicyclic amines) is 1. The van der Waals surface area contributed by atoms with Gasteiger partial charge in [0.25, 0.3) is 5.91 Å². The quantitative estimate of drug-likeness (QED) is 0.502. The lowest BCUT2D eigenvalue weighted by Gasteiger charge is -2.31. The van der Waals surface area contributed by atoms with E-state index in [4.69, 9.17) is 22.2 Å². The van der Waals surface area contributed by atoms with Gasteiger partial charge in [-0.3, -0.25) is 24.1 Å². The average Bonchev–Trinajstić information content (AvgIpc) is 3.25. The topological polar surface area (TPSA) is 92.9 Å². The summed E-state index contributed by atoms with van der Waals surface area (Å²) in [5.41, 5.74) is 6.38. The van der Waals surface area contributed by atoms with Crippen LogP contribution in [0.5, 0.6) is 0 Å². The summed E-state index contributed by atoms with van der Waals surface area (Å²) in [6.07, 6.45) is -1.00. The fourth-order valence-corrected chi connectivity index (χ4v) is 5.09. The van der Waals surface area contributed by atoms with E-state index in [9.17, 15) is 14.4 Å². The molecule has 2 aliphatic heterocycles. The number of rotatable bonds is 3. The van der Waals surface area contributed by atoms with Crippen LogP contribution in [0.2, 0.25) is 5.02 Å². The molecule has 7 nitrogen and oxygen atoms in total. The SMILES string of the molecule is CC(C(N)=O)N1OC2C(=O)N(C)C(=O)C2C1c1c2ccccc2c(Cl)c2ccccc12. The van der Waals surface area contributed by atoms with Gasteiger partial charge in [0.15, 0.2) is 6.10 Å². The van der Waals surface area contributed by atoms with Crippen molar-refractivity contribution in [3.8, 4) is 0 Å². The Bertz CT molecular complexity index is 1220. The van der Waals surface area contributed by atoms with Crippen LogP contribution in [0, 0.1) is 5.92 Å². The number of halogens is 1. The Kier molecular flexibility index (Phi) is 4.51. The van der Waals surface area contributed by atoms with E-state index in [1.54, 1.807) is 6.92 Å². The van der Waals surface area contributed by atoms with Crippen LogP contribution in [0.25, 0.3) is 21.5 Å². The van der Waals surface area contributed by atoms with Gasteiger partial charge in [0.1, 0.15) is 6.04 Å². The molecule has 2 fully saturated rings. The molecule has 0 radical (unpaired) electrons. The van der Waals surface area contributed by atoms with Crippen molar-refractivity contribution in [2.75, 3.05) is 7.05 Å². The van der Waals surface area contributed by atoms with Crippen molar-refractivity contribution < 1.29 is 19.2 Å². The van der Waals surface area contributed by atoms with Crippen LogP contribution < -0.4 is 5.73 Å². The number of fused-ring (bicyclic) bond motifs is 3. The minimum atomic E-state index is -1.00. The third-order valence-corrected chi connectivity index (χ3v) is 6.77. The standard InChI is InChI=1S/C23H20ClN3O4/c1-11(21(25)28)27-19(17-20(31-27)23(30)26(2)22(17)29)16-12-7-3-5-9-14(12)18(24)15-10-6-4-8-13(15)16/h3-11,17,19-20H,1-2H3,(H2,25,28). The fraction of sp³-hybridized carbons (Fsp3) is 0.261. The molecule has 3 aromatic carbocycles. The summed E-state index contributed by atoms with van der Waals surface area (Å²) in [4.78, 5) is 45.0. The Balaban J connectivity index is 1.86. The Hall–Kier alpha value is -3.00. The molecule has 158 valence electrons. The summed E-state index contributed by atoms with van der Waals surface area (Å²) in [6, 6.07) is 13.7. The van der Waals surface area contributed by atoms with Gasteiger partial charge >= 0.3 is 0 Å². The predicted octanol–water partition coefficient (Wildman–Crippen LogP) is 2.79. The second-order valence-corrected chi connectivity index (χ2v) is 8.37. The van der Waals surface area contributed by atoms with Crippen molar-refractivity contribution in [3.05, 3.63) is 59.1 Å². The zero-order chi connectivity index (χ0) is 22.0. The Labute approximate surface area is 183 Å². The van der Waals surface area contributed by atoms with Gasteiger partial charge in [0.2, 0.25) is 11.8 Å². The summed E-state index contributed by atoms with van der Waals surface area (Å²) >= 11 is 6.74. The number of primary amides is 1. The van der Waals surface area contributed by atoms with Crippen LogP contribution >= 0.6 is 11.6 Å². The lowest BCUT2D eigenvalue weighted by atomic mass is 9.84. The van der Waals surface area contributed by atoms with E-state index in [0.717, 1.165) is 32.0 Å². The maximum absolute atomic E-state index is 13.1. The predicted molar refractivity (Wildman–Crippen MR) is 116 cm³/mol. The third kappa shape index (κ3) is 2.70. The van der Waals surface area contributed by atoms with Gasteiger partial charge in [-0.05, 0) is 23.3 Å². The maximum atomic E-state index is 13.1. The number of imide groups is 1. The molecule has 31 heavy (non-hydrogen) atoms. The summed E-state index contributed by atoms with van der Waals surface area (Å²) < 4.78 is 0. The van der Waals surface area contributed by atoms with Crippen molar-refractivity contribution in [2.45, 2.75) is 25.1 Å². The molecule has 2 saturated heterocycles. The van der Waals surface area contributed by atoms with E-state index in [1.165, 1.54) is 12.1 Å². The lowest BCUT2D eigenvalue weighted by Crippen LogP contribution is -2.44. The molecule has 0 saturated carbocycles. The Morgan fingerprint density at radius 3 is 2.03 bits per heavy atom. The highest BCUT2D eigenvalue weighted by Crippen LogP contribution is 2.50. The van der Waals surface area contributed by atoms with E-state index >= 15 is 0 Å². The van der Waals surface area contributed by atoms with E-state index in [2.05, 4.69) is 0 Å². The van der Waals surface area contributed by atoms with Crippen molar-refractivity contribution in [3.63, 3.8) is 0 Å². The highest BCUT2D eigenvalue weighted by molar-refractivity contribution is 6.41. The number of nitrogens with two attached hydrogens (primary N) is 1. The Morgan fingerprint density at radius 1 is 1.00 bits per heavy atom. The average molecular weight is 438 g/mol. The molecular weight excluding hydrogens is 418 g/mol. The number of nitrogens with zero attached hydrogens (tertiary/aromatic N) is 2. The van der Waals surface area contributed by atoms with Gasteiger partial charge in [-0.1, -0.05) is 60.1 Å². The van der Waals surface area contributed by atoms with Gasteiger partial charge in [0.05, 0.1) is 17.0 Å². The molecule has 0 spiro atoms. The highest BCUT2D eigenvalue weighted by atomic mass is 35.5. The number of benzene rings is 3. The van der Waals surface area contributed by atoms with Crippen LogP contribution in [-0.2, 0) is 19.2 Å². The molecular formula is C23H20ClN3O4. The zero-order valence-electron chi connectivity index (χ0n) is 16.9. The summed E-state index contributed by atoms with van der Waals surface area (Å²) in [6.45, 7) is 1.61. The van der Waals surface area contributed by atoms with Crippen LogP contribution in [0.3, 0.4) is 0 Å². The number of carbonyl (C=O) groups is 3. The molecule has 2 N–H and O–H groups in total. The van der Waals surface area contributed by atoms with Gasteiger partial charge in [0, 0.05) is 17.8 Å². The van der Waals surface area contributed by atoms with Crippen LogP contribution in [0.1, 0.15) is 18.5 Å². The monoisotopic (exact) mass is 437 g/mol.